The number of pyridine rings is 1. The van der Waals surface area contributed by atoms with Gasteiger partial charge in [-0.05, 0) is 33.0 Å². The Labute approximate surface area is 108 Å². The van der Waals surface area contributed by atoms with Crippen LogP contribution in [0.2, 0.25) is 0 Å². The summed E-state index contributed by atoms with van der Waals surface area (Å²) in [5, 5.41) is 2.84. The van der Waals surface area contributed by atoms with Gasteiger partial charge in [0.05, 0.1) is 5.56 Å². The summed E-state index contributed by atoms with van der Waals surface area (Å²) in [5.41, 5.74) is 2.86. The summed E-state index contributed by atoms with van der Waals surface area (Å²) in [5.74, 6) is 5.51. The number of nitrogens with zero attached hydrogens (tertiary/aromatic N) is 2. The Kier molecular flexibility index (Phi) is 5.54. The molecule has 18 heavy (non-hydrogen) atoms. The maximum absolute atomic E-state index is 11.9. The van der Waals surface area contributed by atoms with Crippen LogP contribution in [-0.2, 0) is 0 Å². The van der Waals surface area contributed by atoms with E-state index in [1.165, 1.54) is 0 Å². The molecule has 0 aliphatic rings. The van der Waals surface area contributed by atoms with Crippen molar-refractivity contribution < 1.29 is 4.79 Å². The van der Waals surface area contributed by atoms with Crippen LogP contribution < -0.4 is 16.6 Å². The van der Waals surface area contributed by atoms with Crippen LogP contribution in [0.3, 0.4) is 0 Å². The smallest absolute Gasteiger partial charge is 0.255 e. The van der Waals surface area contributed by atoms with E-state index in [1.54, 1.807) is 18.3 Å². The number of nitrogens with two attached hydrogens (primary N) is 1. The van der Waals surface area contributed by atoms with Crippen LogP contribution in [0.1, 0.15) is 24.2 Å². The van der Waals surface area contributed by atoms with Gasteiger partial charge in [-0.15, -0.1) is 0 Å². The van der Waals surface area contributed by atoms with Gasteiger partial charge in [0, 0.05) is 25.3 Å². The first-order valence-electron chi connectivity index (χ1n) is 5.96. The van der Waals surface area contributed by atoms with Crippen molar-refractivity contribution >= 4 is 11.7 Å². The van der Waals surface area contributed by atoms with E-state index in [4.69, 9.17) is 5.84 Å². The van der Waals surface area contributed by atoms with Crippen LogP contribution in [0.15, 0.2) is 18.3 Å². The number of likely N-dealkylation sites (N-methyl/N-ethyl adjacent to an activating group) is 1. The average molecular weight is 251 g/mol. The Bertz CT molecular complexity index is 394. The summed E-state index contributed by atoms with van der Waals surface area (Å²) >= 11 is 0. The molecule has 1 amide bonds. The quantitative estimate of drug-likeness (QED) is 0.504. The lowest BCUT2D eigenvalue weighted by Crippen LogP contribution is -2.36. The van der Waals surface area contributed by atoms with E-state index in [2.05, 4.69) is 34.5 Å². The predicted octanol–water partition coefficient (Wildman–Crippen LogP) is 0.437. The third-order valence-corrected chi connectivity index (χ3v) is 2.82. The molecular formula is C12H21N5O. The van der Waals surface area contributed by atoms with Gasteiger partial charge >= 0.3 is 0 Å². The maximum atomic E-state index is 11.9. The van der Waals surface area contributed by atoms with Gasteiger partial charge < -0.3 is 15.6 Å². The van der Waals surface area contributed by atoms with Crippen molar-refractivity contribution in [2.24, 2.45) is 5.84 Å². The molecule has 0 saturated heterocycles. The number of nitrogens with one attached hydrogen (secondary N) is 2. The second kappa shape index (κ2) is 6.93. The number of amides is 1. The summed E-state index contributed by atoms with van der Waals surface area (Å²) in [6.07, 6.45) is 1.58. The number of carbonyl (C=O) groups excluding carboxylic acids is 1. The molecule has 4 N–H and O–H groups in total. The topological polar surface area (TPSA) is 83.3 Å². The first-order chi connectivity index (χ1) is 8.56. The Hall–Kier alpha value is -1.66. The van der Waals surface area contributed by atoms with E-state index in [-0.39, 0.29) is 5.91 Å². The van der Waals surface area contributed by atoms with Crippen LogP contribution in [0.4, 0.5) is 5.82 Å². The van der Waals surface area contributed by atoms with Gasteiger partial charge in [-0.2, -0.15) is 0 Å². The monoisotopic (exact) mass is 251 g/mol. The van der Waals surface area contributed by atoms with E-state index < -0.39 is 0 Å². The fourth-order valence-electron chi connectivity index (χ4n) is 1.40. The van der Waals surface area contributed by atoms with Gasteiger partial charge in [-0.1, -0.05) is 0 Å². The number of nitrogen functional groups attached to an aromatic ring is 1. The second-order valence-electron chi connectivity index (χ2n) is 4.37. The largest absolute Gasteiger partial charge is 0.351 e. The second-order valence-corrected chi connectivity index (χ2v) is 4.37. The third kappa shape index (κ3) is 3.97. The van der Waals surface area contributed by atoms with Gasteiger partial charge in [-0.3, -0.25) is 4.79 Å². The molecule has 0 fully saturated rings. The summed E-state index contributed by atoms with van der Waals surface area (Å²) in [6.45, 7) is 5.61. The maximum Gasteiger partial charge on any atom is 0.255 e. The standard InChI is InChI=1S/C12H21N5O/c1-9(2)17(3)8-7-15-12(18)10-5-4-6-14-11(10)16-13/h4-6,9H,7-8,13H2,1-3H3,(H,14,16)(H,15,18). The number of hydrogen-bond acceptors (Lipinski definition) is 5. The lowest BCUT2D eigenvalue weighted by Gasteiger charge is -2.21. The van der Waals surface area contributed by atoms with Crippen LogP contribution >= 0.6 is 0 Å². The normalized spacial score (nSPS) is 10.8. The molecule has 6 heteroatoms. The molecule has 100 valence electrons. The lowest BCUT2D eigenvalue weighted by molar-refractivity contribution is 0.0948. The SMILES string of the molecule is CC(C)N(C)CCNC(=O)c1cccnc1NN. The molecule has 0 aromatic carbocycles. The van der Waals surface area contributed by atoms with E-state index in [9.17, 15) is 4.79 Å². The fourth-order valence-corrected chi connectivity index (χ4v) is 1.40. The van der Waals surface area contributed by atoms with Crippen LogP contribution in [-0.4, -0.2) is 42.0 Å². The van der Waals surface area contributed by atoms with E-state index >= 15 is 0 Å². The van der Waals surface area contributed by atoms with Crippen molar-refractivity contribution in [2.75, 3.05) is 25.6 Å². The highest BCUT2D eigenvalue weighted by atomic mass is 16.1. The van der Waals surface area contributed by atoms with Crippen LogP contribution in [0, 0.1) is 0 Å². The zero-order valence-electron chi connectivity index (χ0n) is 11.1. The summed E-state index contributed by atoms with van der Waals surface area (Å²) in [4.78, 5) is 18.1. The van der Waals surface area contributed by atoms with E-state index in [1.807, 2.05) is 7.05 Å². The zero-order chi connectivity index (χ0) is 13.5. The number of hydrogen-bond donors (Lipinski definition) is 3. The highest BCUT2D eigenvalue weighted by Gasteiger charge is 2.11. The van der Waals surface area contributed by atoms with E-state index in [0.29, 0.717) is 24.0 Å². The molecule has 0 aliphatic carbocycles. The molecule has 6 nitrogen and oxygen atoms in total. The molecule has 0 bridgehead atoms. The molecule has 0 aliphatic heterocycles. The van der Waals surface area contributed by atoms with Crippen LogP contribution in [0.5, 0.6) is 0 Å². The lowest BCUT2D eigenvalue weighted by atomic mass is 10.2. The molecule has 0 saturated carbocycles. The van der Waals surface area contributed by atoms with Gasteiger partial charge in [0.15, 0.2) is 5.82 Å². The third-order valence-electron chi connectivity index (χ3n) is 2.82. The van der Waals surface area contributed by atoms with Crippen molar-refractivity contribution in [3.8, 4) is 0 Å². The zero-order valence-corrected chi connectivity index (χ0v) is 11.1. The first-order valence-corrected chi connectivity index (χ1v) is 5.96. The Morgan fingerprint density at radius 1 is 1.56 bits per heavy atom. The minimum atomic E-state index is -0.173. The van der Waals surface area contributed by atoms with Crippen molar-refractivity contribution in [3.63, 3.8) is 0 Å². The highest BCUT2D eigenvalue weighted by Crippen LogP contribution is 2.09. The summed E-state index contributed by atoms with van der Waals surface area (Å²) in [6, 6.07) is 3.85. The fraction of sp³-hybridized carbons (Fsp3) is 0.500. The minimum Gasteiger partial charge on any atom is -0.351 e. The van der Waals surface area contributed by atoms with Gasteiger partial charge in [0.2, 0.25) is 0 Å². The summed E-state index contributed by atoms with van der Waals surface area (Å²) < 4.78 is 0. The summed E-state index contributed by atoms with van der Waals surface area (Å²) in [7, 11) is 2.02. The van der Waals surface area contributed by atoms with Crippen molar-refractivity contribution in [1.82, 2.24) is 15.2 Å². The number of anilines is 1. The molecule has 1 aromatic heterocycles. The highest BCUT2D eigenvalue weighted by molar-refractivity contribution is 5.98. The number of aromatic nitrogens is 1. The number of carbonyl (C=O) groups is 1. The van der Waals surface area contributed by atoms with E-state index in [0.717, 1.165) is 6.54 Å². The Morgan fingerprint density at radius 2 is 2.28 bits per heavy atom. The molecule has 1 aromatic rings. The van der Waals surface area contributed by atoms with Crippen LogP contribution in [0.25, 0.3) is 0 Å². The van der Waals surface area contributed by atoms with Gasteiger partial charge in [0.25, 0.3) is 5.91 Å². The van der Waals surface area contributed by atoms with Crippen molar-refractivity contribution in [1.29, 1.82) is 0 Å². The predicted molar refractivity (Wildman–Crippen MR) is 72.1 cm³/mol. The molecule has 0 spiro atoms. The first kappa shape index (κ1) is 14.4. The van der Waals surface area contributed by atoms with Crippen molar-refractivity contribution in [3.05, 3.63) is 23.9 Å². The van der Waals surface area contributed by atoms with Gasteiger partial charge in [-0.25, -0.2) is 10.8 Å². The molecule has 1 rings (SSSR count). The Balaban J connectivity index is 2.50. The van der Waals surface area contributed by atoms with Gasteiger partial charge in [0.1, 0.15) is 0 Å². The number of rotatable bonds is 6. The molecule has 0 atom stereocenters. The minimum absolute atomic E-state index is 0.173. The number of hydrazine groups is 1. The average Bonchev–Trinajstić information content (AvgIpc) is 2.38. The molecule has 0 unspecified atom stereocenters. The Morgan fingerprint density at radius 3 is 2.89 bits per heavy atom. The van der Waals surface area contributed by atoms with Crippen molar-refractivity contribution in [2.45, 2.75) is 19.9 Å². The molecule has 0 radical (unpaired) electrons. The molecular weight excluding hydrogens is 230 g/mol. The molecule has 1 heterocycles.